The maximum Gasteiger partial charge on any atom is 0.235 e. The van der Waals surface area contributed by atoms with Crippen LogP contribution in [-0.2, 0) is 0 Å². The smallest absolute Gasteiger partial charge is 0.235 e. The van der Waals surface area contributed by atoms with Crippen molar-refractivity contribution in [3.63, 3.8) is 0 Å². The predicted octanol–water partition coefficient (Wildman–Crippen LogP) is 10.6. The standard InChI is InChI=1S/C39H58Cl2N3S2/c1-3-42-33-25-29(40)19-21-35(33)45-37(42)23-17-27-15-16-28(18-24-38-43(4-2)34-26-30(41)20-22-36(34)46-38)39(27)44(31-11-7-5-8-12-31)32-13-9-6-10-14-32/h17-18,23-24,29-36H,3-16,19-22,25-26H2,1-2H3/q+1. The van der Waals surface area contributed by atoms with Crippen LogP contribution in [0.15, 0.2) is 46.2 Å². The van der Waals surface area contributed by atoms with Gasteiger partial charge in [0.2, 0.25) is 5.04 Å². The molecule has 4 saturated carbocycles. The van der Waals surface area contributed by atoms with Crippen LogP contribution >= 0.6 is 46.7 Å². The largest absolute Gasteiger partial charge is 0.365 e. The Balaban J connectivity index is 1.25. The summed E-state index contributed by atoms with van der Waals surface area (Å²) in [6.07, 6.45) is 33.5. The lowest BCUT2D eigenvalue weighted by molar-refractivity contribution is -0.558. The number of hydrogen-bond acceptors (Lipinski definition) is 4. The minimum absolute atomic E-state index is 0.340. The first-order chi connectivity index (χ1) is 22.5. The maximum atomic E-state index is 6.69. The molecule has 0 radical (unpaired) electrons. The molecular weight excluding hydrogens is 645 g/mol. The molecule has 7 aliphatic rings. The van der Waals surface area contributed by atoms with Crippen LogP contribution in [0.25, 0.3) is 0 Å². The Kier molecular flexibility index (Phi) is 11.5. The van der Waals surface area contributed by atoms with Crippen LogP contribution in [0.1, 0.15) is 129 Å². The highest BCUT2D eigenvalue weighted by molar-refractivity contribution is 8.14. The molecule has 1 saturated heterocycles. The zero-order valence-electron chi connectivity index (χ0n) is 28.5. The van der Waals surface area contributed by atoms with Crippen LogP contribution in [0, 0.1) is 0 Å². The van der Waals surface area contributed by atoms with Gasteiger partial charge in [0.15, 0.2) is 6.04 Å². The van der Waals surface area contributed by atoms with Gasteiger partial charge in [-0.1, -0.05) is 44.6 Å². The fourth-order valence-electron chi connectivity index (χ4n) is 9.99. The van der Waals surface area contributed by atoms with Crippen LogP contribution in [0.4, 0.5) is 0 Å². The van der Waals surface area contributed by atoms with E-state index in [2.05, 4.69) is 76.1 Å². The molecule has 254 valence electrons. The van der Waals surface area contributed by atoms with E-state index in [1.54, 1.807) is 16.8 Å². The van der Waals surface area contributed by atoms with E-state index in [-0.39, 0.29) is 0 Å². The summed E-state index contributed by atoms with van der Waals surface area (Å²) >= 11 is 17.7. The summed E-state index contributed by atoms with van der Waals surface area (Å²) in [5.74, 6) is 0. The van der Waals surface area contributed by atoms with E-state index in [0.717, 1.165) is 25.9 Å². The second kappa shape index (κ2) is 15.6. The third-order valence-corrected chi connectivity index (χ3v) is 16.0. The van der Waals surface area contributed by atoms with Gasteiger partial charge in [0, 0.05) is 58.9 Å². The molecule has 3 nitrogen and oxygen atoms in total. The molecule has 7 rings (SSSR count). The van der Waals surface area contributed by atoms with Crippen molar-refractivity contribution in [3.8, 4) is 0 Å². The van der Waals surface area contributed by atoms with Crippen molar-refractivity contribution in [3.05, 3.63) is 46.2 Å². The lowest BCUT2D eigenvalue weighted by Crippen LogP contribution is -2.44. The fraction of sp³-hybridized carbons (Fsp3) is 0.769. The molecule has 6 unspecified atom stereocenters. The Labute approximate surface area is 298 Å². The fourth-order valence-corrected chi connectivity index (χ4v) is 13.7. The van der Waals surface area contributed by atoms with Crippen molar-refractivity contribution in [2.24, 2.45) is 0 Å². The number of alkyl halides is 2. The van der Waals surface area contributed by atoms with Gasteiger partial charge in [0.1, 0.15) is 6.54 Å². The average molecular weight is 704 g/mol. The highest BCUT2D eigenvalue weighted by atomic mass is 35.5. The maximum absolute atomic E-state index is 6.69. The molecule has 0 aromatic heterocycles. The number of halogens is 2. The van der Waals surface area contributed by atoms with E-state index >= 15 is 0 Å². The van der Waals surface area contributed by atoms with Crippen molar-refractivity contribution in [2.45, 2.75) is 175 Å². The van der Waals surface area contributed by atoms with Gasteiger partial charge < -0.3 is 9.80 Å². The lowest BCUT2D eigenvalue weighted by Gasteiger charge is -2.45. The summed E-state index contributed by atoms with van der Waals surface area (Å²) in [6.45, 7) is 6.83. The van der Waals surface area contributed by atoms with Crippen LogP contribution in [0.5, 0.6) is 0 Å². The number of thioether (sulfide) groups is 2. The number of fused-ring (bicyclic) bond motifs is 2. The molecule has 5 aliphatic carbocycles. The third-order valence-electron chi connectivity index (χ3n) is 12.3. The van der Waals surface area contributed by atoms with Crippen molar-refractivity contribution in [1.29, 1.82) is 0 Å². The molecule has 0 amide bonds. The van der Waals surface area contributed by atoms with Gasteiger partial charge >= 0.3 is 0 Å². The van der Waals surface area contributed by atoms with E-state index in [0.29, 0.717) is 45.4 Å². The van der Waals surface area contributed by atoms with Gasteiger partial charge in [-0.05, 0) is 120 Å². The molecule has 0 N–H and O–H groups in total. The Morgan fingerprint density at radius 3 is 2.11 bits per heavy atom. The first-order valence-corrected chi connectivity index (χ1v) is 21.8. The monoisotopic (exact) mass is 702 g/mol. The molecule has 6 atom stereocenters. The summed E-state index contributed by atoms with van der Waals surface area (Å²) in [4.78, 5) is 5.72. The van der Waals surface area contributed by atoms with Crippen LogP contribution in [-0.4, -0.2) is 77.9 Å². The highest BCUT2D eigenvalue weighted by Crippen LogP contribution is 2.48. The van der Waals surface area contributed by atoms with Gasteiger partial charge in [0.05, 0.1) is 10.3 Å². The predicted molar refractivity (Wildman–Crippen MR) is 203 cm³/mol. The molecule has 2 heterocycles. The van der Waals surface area contributed by atoms with Crippen LogP contribution in [0.2, 0.25) is 0 Å². The van der Waals surface area contributed by atoms with Crippen LogP contribution in [0.3, 0.4) is 0 Å². The normalized spacial score (nSPS) is 36.5. The summed E-state index contributed by atoms with van der Waals surface area (Å²) in [6, 6.07) is 2.61. The van der Waals surface area contributed by atoms with E-state index in [4.69, 9.17) is 23.2 Å². The molecule has 0 aromatic carbocycles. The first-order valence-electron chi connectivity index (χ1n) is 19.2. The van der Waals surface area contributed by atoms with Gasteiger partial charge in [0.25, 0.3) is 0 Å². The van der Waals surface area contributed by atoms with E-state index in [1.807, 2.05) is 0 Å². The number of nitrogens with zero attached hydrogens (tertiary/aromatic N) is 3. The molecule has 7 heteroatoms. The molecule has 0 spiro atoms. The van der Waals surface area contributed by atoms with Crippen molar-refractivity contribution >= 4 is 51.8 Å². The van der Waals surface area contributed by atoms with Gasteiger partial charge in [-0.3, -0.25) is 0 Å². The SMILES string of the molecule is CCN1/C(=C/C=C2\CCC(/C=C/C3=[N+](CC)C4CC(Cl)CCC4S3)=C2N(C2CCCCC2)C2CCCCC2)SC2CCC(Cl)CC21. The topological polar surface area (TPSA) is 9.49 Å². The highest BCUT2D eigenvalue weighted by Gasteiger charge is 2.45. The third kappa shape index (κ3) is 7.20. The Bertz CT molecular complexity index is 1230. The molecule has 5 fully saturated rings. The molecule has 46 heavy (non-hydrogen) atoms. The minimum atomic E-state index is 0.340. The molecule has 0 bridgehead atoms. The van der Waals surface area contributed by atoms with E-state index in [9.17, 15) is 0 Å². The Morgan fingerprint density at radius 2 is 1.43 bits per heavy atom. The Morgan fingerprint density at radius 1 is 0.761 bits per heavy atom. The molecule has 0 aromatic rings. The number of rotatable bonds is 8. The first kappa shape index (κ1) is 34.0. The zero-order chi connectivity index (χ0) is 31.6. The number of allylic oxidation sites excluding steroid dienone is 5. The van der Waals surface area contributed by atoms with Crippen LogP contribution < -0.4 is 0 Å². The quantitative estimate of drug-likeness (QED) is 0.184. The van der Waals surface area contributed by atoms with Gasteiger partial charge in [-0.25, -0.2) is 4.58 Å². The molecular formula is C39H58Cl2N3S2+. The van der Waals surface area contributed by atoms with Crippen molar-refractivity contribution < 1.29 is 4.58 Å². The summed E-state index contributed by atoms with van der Waals surface area (Å²) < 4.78 is 2.68. The molecule has 2 aliphatic heterocycles. The van der Waals surface area contributed by atoms with Crippen molar-refractivity contribution in [2.75, 3.05) is 13.1 Å². The lowest BCUT2D eigenvalue weighted by atomic mass is 9.87. The number of hydrogen-bond donors (Lipinski definition) is 0. The second-order valence-corrected chi connectivity index (χ2v) is 18.8. The van der Waals surface area contributed by atoms with E-state index in [1.165, 1.54) is 113 Å². The van der Waals surface area contributed by atoms with Crippen molar-refractivity contribution in [1.82, 2.24) is 9.80 Å². The summed E-state index contributed by atoms with van der Waals surface area (Å²) in [7, 11) is 0. The minimum Gasteiger partial charge on any atom is -0.365 e. The summed E-state index contributed by atoms with van der Waals surface area (Å²) in [5, 5.41) is 5.06. The second-order valence-electron chi connectivity index (χ2n) is 15.1. The van der Waals surface area contributed by atoms with E-state index < -0.39 is 0 Å². The van der Waals surface area contributed by atoms with Gasteiger partial charge in [-0.2, -0.15) is 0 Å². The average Bonchev–Trinajstić information content (AvgIpc) is 3.75. The Hall–Kier alpha value is -0.490. The van der Waals surface area contributed by atoms with Gasteiger partial charge in [-0.15, -0.1) is 35.0 Å². The summed E-state index contributed by atoms with van der Waals surface area (Å²) in [5.41, 5.74) is 4.82. The zero-order valence-corrected chi connectivity index (χ0v) is 31.6.